The Hall–Kier alpha value is -7.44. The second kappa shape index (κ2) is 15.4. The summed E-state index contributed by atoms with van der Waals surface area (Å²) < 4.78 is 0. The number of benzene rings is 7. The van der Waals surface area contributed by atoms with Crippen LogP contribution in [0.4, 0.5) is 0 Å². The van der Waals surface area contributed by atoms with Gasteiger partial charge in [0.25, 0.3) is 0 Å². The molecule has 0 aliphatic rings. The summed E-state index contributed by atoms with van der Waals surface area (Å²) in [6.45, 7) is 0. The maximum Gasteiger partial charge on any atom is 0.150 e. The summed E-state index contributed by atoms with van der Waals surface area (Å²) >= 11 is 0. The van der Waals surface area contributed by atoms with Crippen LogP contribution < -0.4 is 0 Å². The highest BCUT2D eigenvalue weighted by Gasteiger charge is 2.29. The molecule has 0 N–H and O–H groups in total. The van der Waals surface area contributed by atoms with Crippen LogP contribution in [-0.4, -0.2) is 37.7 Å². The summed E-state index contributed by atoms with van der Waals surface area (Å²) in [5.41, 5.74) is 12.4. The topological polar surface area (TPSA) is 102 Å². The fourth-order valence-corrected chi connectivity index (χ4v) is 6.85. The zero-order valence-corrected chi connectivity index (χ0v) is 28.8. The van der Waals surface area contributed by atoms with Gasteiger partial charge in [0.05, 0.1) is 0 Å². The molecule has 0 saturated carbocycles. The number of rotatable bonds is 12. The molecule has 7 rings (SSSR count). The van der Waals surface area contributed by atoms with Gasteiger partial charge in [-0.05, 0) is 66.8 Å². The standard InChI is InChI=1S/C48H30O6/c49-25-31-1-13-37(14-2-31)43-44(38-15-3-32(26-50)4-16-38)46(40-19-7-34(28-52)8-20-40)48(42-23-11-36(30-54)12-24-42)47(41-21-9-35(29-53)10-22-41)45(43)39-17-5-33(27-51)6-18-39/h1-30H. The van der Waals surface area contributed by atoms with Gasteiger partial charge in [-0.2, -0.15) is 0 Å². The van der Waals surface area contributed by atoms with Crippen molar-refractivity contribution < 1.29 is 28.8 Å². The smallest absolute Gasteiger partial charge is 0.150 e. The van der Waals surface area contributed by atoms with Crippen molar-refractivity contribution in [1.82, 2.24) is 0 Å². The molecule has 0 atom stereocenters. The van der Waals surface area contributed by atoms with Crippen LogP contribution in [0.25, 0.3) is 66.8 Å². The van der Waals surface area contributed by atoms with E-state index in [0.717, 1.165) is 104 Å². The molecule has 0 aliphatic carbocycles. The van der Waals surface area contributed by atoms with E-state index in [9.17, 15) is 28.8 Å². The van der Waals surface area contributed by atoms with Gasteiger partial charge in [-0.1, -0.05) is 146 Å². The lowest BCUT2D eigenvalue weighted by Gasteiger charge is -2.29. The first-order valence-corrected chi connectivity index (χ1v) is 17.1. The van der Waals surface area contributed by atoms with Crippen LogP contribution in [-0.2, 0) is 0 Å². The maximum absolute atomic E-state index is 11.9. The molecule has 54 heavy (non-hydrogen) atoms. The van der Waals surface area contributed by atoms with Gasteiger partial charge in [-0.15, -0.1) is 0 Å². The molecule has 0 heterocycles. The Labute approximate surface area is 311 Å². The van der Waals surface area contributed by atoms with E-state index in [1.165, 1.54) is 0 Å². The van der Waals surface area contributed by atoms with Crippen molar-refractivity contribution in [3.8, 4) is 66.8 Å². The Morgan fingerprint density at radius 1 is 0.185 bits per heavy atom. The first-order chi connectivity index (χ1) is 26.5. The fourth-order valence-electron chi connectivity index (χ4n) is 6.85. The zero-order chi connectivity index (χ0) is 37.6. The van der Waals surface area contributed by atoms with Gasteiger partial charge in [0.1, 0.15) is 37.7 Å². The number of hydrogen-bond acceptors (Lipinski definition) is 6. The van der Waals surface area contributed by atoms with E-state index < -0.39 is 0 Å². The van der Waals surface area contributed by atoms with E-state index in [-0.39, 0.29) is 0 Å². The summed E-state index contributed by atoms with van der Waals surface area (Å²) in [5, 5.41) is 0. The van der Waals surface area contributed by atoms with Crippen LogP contribution in [0, 0.1) is 0 Å². The molecular weight excluding hydrogens is 673 g/mol. The largest absolute Gasteiger partial charge is 0.298 e. The Morgan fingerprint density at radius 3 is 0.389 bits per heavy atom. The predicted molar refractivity (Wildman–Crippen MR) is 211 cm³/mol. The molecule has 6 nitrogen and oxygen atoms in total. The lowest BCUT2D eigenvalue weighted by molar-refractivity contribution is 0.111. The van der Waals surface area contributed by atoms with E-state index in [1.54, 1.807) is 72.8 Å². The third kappa shape index (κ3) is 6.67. The first-order valence-electron chi connectivity index (χ1n) is 17.1. The molecule has 6 heteroatoms. The van der Waals surface area contributed by atoms with Crippen LogP contribution in [0.15, 0.2) is 146 Å². The van der Waals surface area contributed by atoms with Crippen molar-refractivity contribution in [1.29, 1.82) is 0 Å². The van der Waals surface area contributed by atoms with Gasteiger partial charge in [0.2, 0.25) is 0 Å². The molecule has 7 aromatic rings. The monoisotopic (exact) mass is 702 g/mol. The minimum Gasteiger partial charge on any atom is -0.298 e. The van der Waals surface area contributed by atoms with E-state index >= 15 is 0 Å². The SMILES string of the molecule is O=Cc1ccc(-c2c(-c3ccc(C=O)cc3)c(-c3ccc(C=O)cc3)c(-c3ccc(C=O)cc3)c(-c3ccc(C=O)cc3)c2-c2ccc(C=O)cc2)cc1. The first kappa shape index (κ1) is 35.0. The number of aldehydes is 6. The van der Waals surface area contributed by atoms with Crippen molar-refractivity contribution >= 4 is 37.7 Å². The van der Waals surface area contributed by atoms with E-state index in [2.05, 4.69) is 0 Å². The second-order valence-corrected chi connectivity index (χ2v) is 12.7. The summed E-state index contributed by atoms with van der Waals surface area (Å²) in [7, 11) is 0. The van der Waals surface area contributed by atoms with Gasteiger partial charge in [-0.3, -0.25) is 28.8 Å². The average Bonchev–Trinajstić information content (AvgIpc) is 3.25. The molecule has 258 valence electrons. The Balaban J connectivity index is 1.80. The maximum atomic E-state index is 11.9. The highest BCUT2D eigenvalue weighted by molar-refractivity contribution is 6.15. The third-order valence-electron chi connectivity index (χ3n) is 9.51. The summed E-state index contributed by atoms with van der Waals surface area (Å²) in [6.07, 6.45) is 4.71. The molecule has 0 spiro atoms. The van der Waals surface area contributed by atoms with Crippen molar-refractivity contribution in [2.24, 2.45) is 0 Å². The summed E-state index contributed by atoms with van der Waals surface area (Å²) in [5.74, 6) is 0. The van der Waals surface area contributed by atoms with E-state index in [1.807, 2.05) is 72.8 Å². The van der Waals surface area contributed by atoms with Crippen LogP contribution in [0.3, 0.4) is 0 Å². The molecule has 7 aromatic carbocycles. The van der Waals surface area contributed by atoms with E-state index in [4.69, 9.17) is 0 Å². The highest BCUT2D eigenvalue weighted by atomic mass is 16.1. The third-order valence-corrected chi connectivity index (χ3v) is 9.51. The zero-order valence-electron chi connectivity index (χ0n) is 28.8. The molecule has 0 aliphatic heterocycles. The van der Waals surface area contributed by atoms with Crippen LogP contribution in [0.5, 0.6) is 0 Å². The van der Waals surface area contributed by atoms with Crippen LogP contribution in [0.2, 0.25) is 0 Å². The highest BCUT2D eigenvalue weighted by Crippen LogP contribution is 2.56. The minimum atomic E-state index is 0.494. The lowest BCUT2D eigenvalue weighted by Crippen LogP contribution is -2.03. The van der Waals surface area contributed by atoms with Gasteiger partial charge in [0.15, 0.2) is 0 Å². The molecule has 0 unspecified atom stereocenters. The van der Waals surface area contributed by atoms with E-state index in [0.29, 0.717) is 33.4 Å². The molecular formula is C48H30O6. The predicted octanol–water partition coefficient (Wildman–Crippen LogP) is 10.6. The van der Waals surface area contributed by atoms with Gasteiger partial charge < -0.3 is 0 Å². The van der Waals surface area contributed by atoms with Crippen molar-refractivity contribution in [3.63, 3.8) is 0 Å². The van der Waals surface area contributed by atoms with Crippen LogP contribution >= 0.6 is 0 Å². The summed E-state index contributed by atoms with van der Waals surface area (Å²) in [4.78, 5) is 71.1. The van der Waals surface area contributed by atoms with Crippen molar-refractivity contribution in [2.45, 2.75) is 0 Å². The van der Waals surface area contributed by atoms with Crippen molar-refractivity contribution in [3.05, 3.63) is 179 Å². The molecule has 0 fully saturated rings. The Morgan fingerprint density at radius 2 is 0.296 bits per heavy atom. The molecule has 0 aromatic heterocycles. The van der Waals surface area contributed by atoms with Gasteiger partial charge in [0, 0.05) is 33.4 Å². The van der Waals surface area contributed by atoms with Gasteiger partial charge >= 0.3 is 0 Å². The number of carbonyl (C=O) groups excluding carboxylic acids is 6. The normalized spacial score (nSPS) is 10.7. The van der Waals surface area contributed by atoms with Crippen molar-refractivity contribution in [2.75, 3.05) is 0 Å². The minimum absolute atomic E-state index is 0.494. The lowest BCUT2D eigenvalue weighted by atomic mass is 9.74. The second-order valence-electron chi connectivity index (χ2n) is 12.7. The molecule has 0 amide bonds. The molecule has 0 saturated heterocycles. The number of carbonyl (C=O) groups is 6. The summed E-state index contributed by atoms with van der Waals surface area (Å²) in [6, 6.07) is 43.7. The Kier molecular flexibility index (Phi) is 10.00. The fraction of sp³-hybridized carbons (Fsp3) is 0. The Bertz CT molecular complexity index is 2040. The molecule has 0 radical (unpaired) electrons. The van der Waals surface area contributed by atoms with Crippen LogP contribution in [0.1, 0.15) is 62.1 Å². The number of hydrogen-bond donors (Lipinski definition) is 0. The van der Waals surface area contributed by atoms with Gasteiger partial charge in [-0.25, -0.2) is 0 Å². The average molecular weight is 703 g/mol. The quantitative estimate of drug-likeness (QED) is 0.117. The molecule has 0 bridgehead atoms.